The minimum atomic E-state index is 0.352. The summed E-state index contributed by atoms with van der Waals surface area (Å²) >= 11 is 0. The van der Waals surface area contributed by atoms with Crippen LogP contribution in [0.4, 0.5) is 0 Å². The largest absolute Gasteiger partial charge is 0.342 e. The lowest BCUT2D eigenvalue weighted by atomic mass is 9.90. The maximum Gasteiger partial charge on any atom is 0.236 e. The molecule has 126 valence electrons. The van der Waals surface area contributed by atoms with E-state index in [1.165, 1.54) is 31.2 Å². The Labute approximate surface area is 140 Å². The van der Waals surface area contributed by atoms with Crippen LogP contribution in [0.5, 0.6) is 0 Å². The lowest BCUT2D eigenvalue weighted by Crippen LogP contribution is -2.44. The number of amides is 1. The van der Waals surface area contributed by atoms with Crippen molar-refractivity contribution in [2.24, 2.45) is 5.92 Å². The zero-order valence-electron chi connectivity index (χ0n) is 14.3. The summed E-state index contributed by atoms with van der Waals surface area (Å²) in [5.74, 6) is 1.09. The molecule has 2 fully saturated rings. The van der Waals surface area contributed by atoms with E-state index in [1.54, 1.807) is 0 Å². The van der Waals surface area contributed by atoms with E-state index in [9.17, 15) is 4.79 Å². The number of carbonyl (C=O) groups is 1. The van der Waals surface area contributed by atoms with Crippen LogP contribution in [0.25, 0.3) is 0 Å². The number of carbonyl (C=O) groups excluding carboxylic acids is 1. The van der Waals surface area contributed by atoms with Crippen molar-refractivity contribution in [3.8, 4) is 0 Å². The molecule has 23 heavy (non-hydrogen) atoms. The van der Waals surface area contributed by atoms with Crippen molar-refractivity contribution in [1.82, 2.24) is 9.80 Å². The Bertz CT molecular complexity index is 472. The number of hydrogen-bond donors (Lipinski definition) is 0. The summed E-state index contributed by atoms with van der Waals surface area (Å²) in [5.41, 5.74) is 1.43. The SMILES string of the molecule is O=C(CN1CCCCCC1)N1CCC(Cc2ccccc2)CC1. The molecule has 0 aliphatic carbocycles. The molecule has 0 aromatic heterocycles. The monoisotopic (exact) mass is 314 g/mol. The molecule has 2 heterocycles. The number of nitrogens with zero attached hydrogens (tertiary/aromatic N) is 2. The van der Waals surface area contributed by atoms with Gasteiger partial charge in [0, 0.05) is 13.1 Å². The van der Waals surface area contributed by atoms with Crippen LogP contribution in [0.3, 0.4) is 0 Å². The Morgan fingerprint density at radius 1 is 0.913 bits per heavy atom. The molecule has 0 bridgehead atoms. The average Bonchev–Trinajstić information content (AvgIpc) is 2.85. The first-order valence-electron chi connectivity index (χ1n) is 9.35. The van der Waals surface area contributed by atoms with Crippen LogP contribution >= 0.6 is 0 Å². The van der Waals surface area contributed by atoms with E-state index in [-0.39, 0.29) is 0 Å². The van der Waals surface area contributed by atoms with Crippen LogP contribution in [-0.2, 0) is 11.2 Å². The summed E-state index contributed by atoms with van der Waals surface area (Å²) in [5, 5.41) is 0. The van der Waals surface area contributed by atoms with Gasteiger partial charge in [-0.05, 0) is 56.7 Å². The topological polar surface area (TPSA) is 23.6 Å². The van der Waals surface area contributed by atoms with Crippen LogP contribution < -0.4 is 0 Å². The van der Waals surface area contributed by atoms with Gasteiger partial charge in [0.1, 0.15) is 0 Å². The van der Waals surface area contributed by atoms with E-state index in [4.69, 9.17) is 0 Å². The zero-order valence-corrected chi connectivity index (χ0v) is 14.3. The third kappa shape index (κ3) is 5.07. The minimum absolute atomic E-state index is 0.352. The molecule has 0 atom stereocenters. The van der Waals surface area contributed by atoms with Crippen molar-refractivity contribution < 1.29 is 4.79 Å². The van der Waals surface area contributed by atoms with Gasteiger partial charge in [0.25, 0.3) is 0 Å². The summed E-state index contributed by atoms with van der Waals surface area (Å²) in [7, 11) is 0. The molecule has 1 aromatic rings. The Morgan fingerprint density at radius 3 is 2.22 bits per heavy atom. The van der Waals surface area contributed by atoms with Gasteiger partial charge in [-0.1, -0.05) is 43.2 Å². The summed E-state index contributed by atoms with van der Waals surface area (Å²) in [6, 6.07) is 10.8. The van der Waals surface area contributed by atoms with Crippen molar-refractivity contribution >= 4 is 5.91 Å². The molecule has 2 aliphatic heterocycles. The minimum Gasteiger partial charge on any atom is -0.342 e. The van der Waals surface area contributed by atoms with Gasteiger partial charge in [-0.15, -0.1) is 0 Å². The number of piperidine rings is 1. The maximum atomic E-state index is 12.5. The van der Waals surface area contributed by atoms with Crippen molar-refractivity contribution in [2.45, 2.75) is 44.9 Å². The lowest BCUT2D eigenvalue weighted by Gasteiger charge is -2.33. The third-order valence-electron chi connectivity index (χ3n) is 5.39. The molecule has 2 aliphatic rings. The molecule has 0 N–H and O–H groups in total. The summed E-state index contributed by atoms with van der Waals surface area (Å²) < 4.78 is 0. The molecule has 1 aromatic carbocycles. The van der Waals surface area contributed by atoms with Gasteiger partial charge in [-0.25, -0.2) is 0 Å². The summed E-state index contributed by atoms with van der Waals surface area (Å²) in [6.45, 7) is 4.75. The molecular formula is C20H30N2O. The standard InChI is InChI=1S/C20H30N2O/c23-20(17-21-12-6-1-2-7-13-21)22-14-10-19(11-15-22)16-18-8-4-3-5-9-18/h3-5,8-9,19H,1-2,6-7,10-17H2. The molecule has 0 spiro atoms. The summed E-state index contributed by atoms with van der Waals surface area (Å²) in [4.78, 5) is 17.0. The van der Waals surface area contributed by atoms with Crippen molar-refractivity contribution in [1.29, 1.82) is 0 Å². The lowest BCUT2D eigenvalue weighted by molar-refractivity contribution is -0.133. The Hall–Kier alpha value is -1.35. The number of likely N-dealkylation sites (tertiary alicyclic amines) is 2. The Kier molecular flexibility index (Phi) is 6.09. The highest BCUT2D eigenvalue weighted by Crippen LogP contribution is 2.22. The molecule has 0 unspecified atom stereocenters. The fourth-order valence-electron chi connectivity index (χ4n) is 3.92. The van der Waals surface area contributed by atoms with Gasteiger partial charge >= 0.3 is 0 Å². The first-order valence-corrected chi connectivity index (χ1v) is 9.35. The fraction of sp³-hybridized carbons (Fsp3) is 0.650. The van der Waals surface area contributed by atoms with E-state index >= 15 is 0 Å². The van der Waals surface area contributed by atoms with Crippen LogP contribution in [-0.4, -0.2) is 48.4 Å². The fourth-order valence-corrected chi connectivity index (χ4v) is 3.92. The highest BCUT2D eigenvalue weighted by molar-refractivity contribution is 5.78. The molecule has 3 rings (SSSR count). The van der Waals surface area contributed by atoms with Gasteiger partial charge in [-0.3, -0.25) is 9.69 Å². The predicted octanol–water partition coefficient (Wildman–Crippen LogP) is 3.34. The van der Waals surface area contributed by atoms with E-state index in [0.717, 1.165) is 51.4 Å². The molecule has 0 radical (unpaired) electrons. The van der Waals surface area contributed by atoms with Crippen molar-refractivity contribution in [2.75, 3.05) is 32.7 Å². The van der Waals surface area contributed by atoms with E-state index in [1.807, 2.05) is 0 Å². The zero-order chi connectivity index (χ0) is 15.9. The molecule has 1 amide bonds. The van der Waals surface area contributed by atoms with E-state index < -0.39 is 0 Å². The second-order valence-corrected chi connectivity index (χ2v) is 7.20. The van der Waals surface area contributed by atoms with Gasteiger partial charge in [0.2, 0.25) is 5.91 Å². The van der Waals surface area contributed by atoms with Crippen LogP contribution in [0.2, 0.25) is 0 Å². The molecular weight excluding hydrogens is 284 g/mol. The van der Waals surface area contributed by atoms with Crippen LogP contribution in [0.1, 0.15) is 44.1 Å². The van der Waals surface area contributed by atoms with Gasteiger partial charge in [0.15, 0.2) is 0 Å². The maximum absolute atomic E-state index is 12.5. The molecule has 0 saturated carbocycles. The quantitative estimate of drug-likeness (QED) is 0.851. The number of hydrogen-bond acceptors (Lipinski definition) is 2. The second kappa shape index (κ2) is 8.49. The van der Waals surface area contributed by atoms with Crippen LogP contribution in [0.15, 0.2) is 30.3 Å². The summed E-state index contributed by atoms with van der Waals surface area (Å²) in [6.07, 6.45) is 8.64. The van der Waals surface area contributed by atoms with E-state index in [0.29, 0.717) is 12.5 Å². The Balaban J connectivity index is 1.42. The third-order valence-corrected chi connectivity index (χ3v) is 5.39. The highest BCUT2D eigenvalue weighted by atomic mass is 16.2. The molecule has 3 nitrogen and oxygen atoms in total. The van der Waals surface area contributed by atoms with Gasteiger partial charge < -0.3 is 4.90 Å². The smallest absolute Gasteiger partial charge is 0.236 e. The number of benzene rings is 1. The first kappa shape index (κ1) is 16.5. The van der Waals surface area contributed by atoms with Crippen LogP contribution in [0, 0.1) is 5.92 Å². The van der Waals surface area contributed by atoms with Crippen molar-refractivity contribution in [3.05, 3.63) is 35.9 Å². The van der Waals surface area contributed by atoms with Crippen molar-refractivity contribution in [3.63, 3.8) is 0 Å². The van der Waals surface area contributed by atoms with E-state index in [2.05, 4.69) is 40.1 Å². The molecule has 2 saturated heterocycles. The second-order valence-electron chi connectivity index (χ2n) is 7.20. The van der Waals surface area contributed by atoms with Gasteiger partial charge in [-0.2, -0.15) is 0 Å². The predicted molar refractivity (Wildman–Crippen MR) is 94.4 cm³/mol. The normalized spacial score (nSPS) is 21.1. The highest BCUT2D eigenvalue weighted by Gasteiger charge is 2.24. The number of rotatable bonds is 4. The Morgan fingerprint density at radius 2 is 1.57 bits per heavy atom. The first-order chi connectivity index (χ1) is 11.3. The molecule has 3 heteroatoms. The van der Waals surface area contributed by atoms with Gasteiger partial charge in [0.05, 0.1) is 6.54 Å². The average molecular weight is 314 g/mol.